The lowest BCUT2D eigenvalue weighted by Gasteiger charge is -2.31. The molecule has 0 aliphatic heterocycles. The van der Waals surface area contributed by atoms with Crippen LogP contribution in [0.4, 0.5) is 0 Å². The zero-order chi connectivity index (χ0) is 13.1. The van der Waals surface area contributed by atoms with Crippen LogP contribution in [0.5, 0.6) is 0 Å². The molecule has 1 aliphatic rings. The number of halogens is 1. The van der Waals surface area contributed by atoms with Gasteiger partial charge in [-0.15, -0.1) is 0 Å². The van der Waals surface area contributed by atoms with Crippen LogP contribution >= 0.6 is 11.6 Å². The second-order valence-electron chi connectivity index (χ2n) is 5.18. The molecule has 0 bridgehead atoms. The highest BCUT2D eigenvalue weighted by Gasteiger charge is 2.25. The Balaban J connectivity index is 2.10. The van der Waals surface area contributed by atoms with Crippen molar-refractivity contribution in [3.05, 3.63) is 34.9 Å². The summed E-state index contributed by atoms with van der Waals surface area (Å²) in [6.45, 7) is 2.12. The van der Waals surface area contributed by atoms with E-state index in [1.807, 2.05) is 31.3 Å². The Morgan fingerprint density at radius 3 is 2.56 bits per heavy atom. The Morgan fingerprint density at radius 2 is 1.94 bits per heavy atom. The summed E-state index contributed by atoms with van der Waals surface area (Å²) in [7, 11) is 2.01. The molecule has 0 spiro atoms. The molecular weight excluding hydrogens is 244 g/mol. The summed E-state index contributed by atoms with van der Waals surface area (Å²) in [6.07, 6.45) is 4.86. The first-order valence-corrected chi connectivity index (χ1v) is 7.04. The smallest absolute Gasteiger partial charge is 0.0991 e. The van der Waals surface area contributed by atoms with Gasteiger partial charge >= 0.3 is 0 Å². The van der Waals surface area contributed by atoms with E-state index in [1.54, 1.807) is 0 Å². The van der Waals surface area contributed by atoms with Crippen LogP contribution in [0.15, 0.2) is 24.3 Å². The van der Waals surface area contributed by atoms with Gasteiger partial charge in [0.2, 0.25) is 0 Å². The summed E-state index contributed by atoms with van der Waals surface area (Å²) >= 11 is 6.23. The van der Waals surface area contributed by atoms with E-state index in [0.29, 0.717) is 5.92 Å². The van der Waals surface area contributed by atoms with Gasteiger partial charge in [-0.2, -0.15) is 0 Å². The first kappa shape index (κ1) is 13.4. The van der Waals surface area contributed by atoms with E-state index in [2.05, 4.69) is 11.8 Å². The number of benzene rings is 1. The van der Waals surface area contributed by atoms with Crippen molar-refractivity contribution in [1.82, 2.24) is 4.90 Å². The second kappa shape index (κ2) is 5.75. The standard InChI is InChI=1S/C15H21ClN2/c1-11(13-9-5-6-10-14(13)16)18(2)15(17)12-7-3-4-8-12/h5-6,9-12,17H,3-4,7-8H2,1-2H3. The molecule has 0 radical (unpaired) electrons. The molecule has 98 valence electrons. The number of nitrogens with zero attached hydrogens (tertiary/aromatic N) is 1. The average molecular weight is 265 g/mol. The summed E-state index contributed by atoms with van der Waals surface area (Å²) in [4.78, 5) is 2.07. The van der Waals surface area contributed by atoms with Gasteiger partial charge in [0.25, 0.3) is 0 Å². The van der Waals surface area contributed by atoms with Crippen molar-refractivity contribution in [3.8, 4) is 0 Å². The largest absolute Gasteiger partial charge is 0.357 e. The zero-order valence-electron chi connectivity index (χ0n) is 11.1. The summed E-state index contributed by atoms with van der Waals surface area (Å²) in [5, 5.41) is 9.11. The van der Waals surface area contributed by atoms with Gasteiger partial charge in [-0.05, 0) is 31.4 Å². The number of nitrogens with one attached hydrogen (secondary N) is 1. The maximum atomic E-state index is 8.32. The first-order valence-electron chi connectivity index (χ1n) is 6.67. The van der Waals surface area contributed by atoms with Gasteiger partial charge in [-0.1, -0.05) is 42.6 Å². The van der Waals surface area contributed by atoms with E-state index >= 15 is 0 Å². The van der Waals surface area contributed by atoms with Crippen molar-refractivity contribution in [2.24, 2.45) is 5.92 Å². The van der Waals surface area contributed by atoms with Gasteiger partial charge in [0, 0.05) is 18.0 Å². The van der Waals surface area contributed by atoms with Crippen LogP contribution < -0.4 is 0 Å². The van der Waals surface area contributed by atoms with Crippen LogP contribution in [-0.4, -0.2) is 17.8 Å². The molecule has 3 heteroatoms. The Labute approximate surface area is 114 Å². The van der Waals surface area contributed by atoms with E-state index in [9.17, 15) is 0 Å². The van der Waals surface area contributed by atoms with Crippen LogP contribution in [-0.2, 0) is 0 Å². The Morgan fingerprint density at radius 1 is 1.33 bits per heavy atom. The highest BCUT2D eigenvalue weighted by atomic mass is 35.5. The minimum atomic E-state index is 0.159. The lowest BCUT2D eigenvalue weighted by Crippen LogP contribution is -2.33. The van der Waals surface area contributed by atoms with Crippen LogP contribution in [0.2, 0.25) is 5.02 Å². The van der Waals surface area contributed by atoms with Crippen molar-refractivity contribution in [3.63, 3.8) is 0 Å². The topological polar surface area (TPSA) is 27.1 Å². The molecule has 2 rings (SSSR count). The van der Waals surface area contributed by atoms with E-state index in [0.717, 1.165) is 16.4 Å². The fraction of sp³-hybridized carbons (Fsp3) is 0.533. The molecule has 1 saturated carbocycles. The minimum absolute atomic E-state index is 0.159. The molecule has 2 nitrogen and oxygen atoms in total. The lowest BCUT2D eigenvalue weighted by molar-refractivity contribution is 0.375. The quantitative estimate of drug-likeness (QED) is 0.632. The number of amidine groups is 1. The average Bonchev–Trinajstić information content (AvgIpc) is 2.90. The van der Waals surface area contributed by atoms with Gasteiger partial charge in [0.1, 0.15) is 0 Å². The number of hydrogen-bond donors (Lipinski definition) is 1. The molecule has 0 saturated heterocycles. The molecule has 0 amide bonds. The van der Waals surface area contributed by atoms with Gasteiger partial charge in [-0.3, -0.25) is 5.41 Å². The van der Waals surface area contributed by atoms with Crippen molar-refractivity contribution in [2.45, 2.75) is 38.6 Å². The molecule has 18 heavy (non-hydrogen) atoms. The van der Waals surface area contributed by atoms with E-state index < -0.39 is 0 Å². The third-order valence-corrected chi connectivity index (χ3v) is 4.40. The predicted octanol–water partition coefficient (Wildman–Crippen LogP) is 4.50. The molecular formula is C15H21ClN2. The summed E-state index contributed by atoms with van der Waals surface area (Å²) in [5.41, 5.74) is 1.10. The van der Waals surface area contributed by atoms with Gasteiger partial charge < -0.3 is 4.90 Å². The molecule has 1 unspecified atom stereocenters. The van der Waals surface area contributed by atoms with Gasteiger partial charge in [0.15, 0.2) is 0 Å². The normalized spacial score (nSPS) is 17.7. The molecule has 1 fully saturated rings. The van der Waals surface area contributed by atoms with Crippen LogP contribution in [0, 0.1) is 11.3 Å². The second-order valence-corrected chi connectivity index (χ2v) is 5.58. The summed E-state index contributed by atoms with van der Waals surface area (Å²) < 4.78 is 0. The SMILES string of the molecule is CC(c1ccccc1Cl)N(C)C(=N)C1CCCC1. The van der Waals surface area contributed by atoms with E-state index in [1.165, 1.54) is 25.7 Å². The lowest BCUT2D eigenvalue weighted by atomic mass is 10.0. The molecule has 1 atom stereocenters. The highest BCUT2D eigenvalue weighted by molar-refractivity contribution is 6.31. The molecule has 1 aliphatic carbocycles. The Hall–Kier alpha value is -1.02. The van der Waals surface area contributed by atoms with Crippen LogP contribution in [0.3, 0.4) is 0 Å². The van der Waals surface area contributed by atoms with Gasteiger partial charge in [-0.25, -0.2) is 0 Å². The van der Waals surface area contributed by atoms with Crippen LogP contribution in [0.1, 0.15) is 44.2 Å². The van der Waals surface area contributed by atoms with E-state index in [-0.39, 0.29) is 6.04 Å². The third-order valence-electron chi connectivity index (χ3n) is 4.06. The van der Waals surface area contributed by atoms with Crippen LogP contribution in [0.25, 0.3) is 0 Å². The van der Waals surface area contributed by atoms with Crippen molar-refractivity contribution in [2.75, 3.05) is 7.05 Å². The van der Waals surface area contributed by atoms with E-state index in [4.69, 9.17) is 17.0 Å². The number of hydrogen-bond acceptors (Lipinski definition) is 1. The zero-order valence-corrected chi connectivity index (χ0v) is 11.9. The Kier molecular flexibility index (Phi) is 4.28. The Bertz CT molecular complexity index is 424. The maximum Gasteiger partial charge on any atom is 0.0991 e. The predicted molar refractivity (Wildman–Crippen MR) is 77.3 cm³/mol. The van der Waals surface area contributed by atoms with Crippen molar-refractivity contribution in [1.29, 1.82) is 5.41 Å². The fourth-order valence-corrected chi connectivity index (χ4v) is 3.01. The molecule has 1 aromatic carbocycles. The van der Waals surface area contributed by atoms with Crippen molar-refractivity contribution >= 4 is 17.4 Å². The first-order chi connectivity index (χ1) is 8.61. The van der Waals surface area contributed by atoms with Gasteiger partial charge in [0.05, 0.1) is 11.9 Å². The molecule has 0 aromatic heterocycles. The molecule has 1 aromatic rings. The maximum absolute atomic E-state index is 8.32. The minimum Gasteiger partial charge on any atom is -0.357 e. The highest BCUT2D eigenvalue weighted by Crippen LogP contribution is 2.31. The monoisotopic (exact) mass is 264 g/mol. The fourth-order valence-electron chi connectivity index (χ4n) is 2.72. The molecule has 0 heterocycles. The molecule has 1 N–H and O–H groups in total. The summed E-state index contributed by atoms with van der Waals surface area (Å²) in [5.74, 6) is 1.21. The summed E-state index contributed by atoms with van der Waals surface area (Å²) in [6, 6.07) is 8.07. The van der Waals surface area contributed by atoms with Crippen molar-refractivity contribution < 1.29 is 0 Å². The number of rotatable bonds is 3. The third kappa shape index (κ3) is 2.69.